The first-order valence-corrected chi connectivity index (χ1v) is 20.5. The number of H-pyrrole nitrogens is 1. The number of carbonyl (C=O) groups excluding carboxylic acids is 5. The van der Waals surface area contributed by atoms with Gasteiger partial charge in [0.1, 0.15) is 29.9 Å². The molecule has 5 N–H and O–H groups in total. The van der Waals surface area contributed by atoms with Crippen LogP contribution < -0.4 is 30.7 Å². The number of ether oxygens (including phenoxy) is 3. The van der Waals surface area contributed by atoms with Crippen molar-refractivity contribution in [3.8, 4) is 11.5 Å². The van der Waals surface area contributed by atoms with Gasteiger partial charge in [0, 0.05) is 46.1 Å². The highest BCUT2D eigenvalue weighted by atomic mass is 79.9. The number of carbonyl (C=O) groups is 5. The molecular formula is C45H39BrN6O9. The summed E-state index contributed by atoms with van der Waals surface area (Å²) in [6.07, 6.45) is -0.000268. The molecule has 0 radical (unpaired) electrons. The molecule has 3 aliphatic heterocycles. The van der Waals surface area contributed by atoms with Gasteiger partial charge in [-0.2, -0.15) is 0 Å². The number of rotatable bonds is 9. The van der Waals surface area contributed by atoms with Gasteiger partial charge in [0.2, 0.25) is 11.8 Å². The lowest BCUT2D eigenvalue weighted by Crippen LogP contribution is -2.49. The Balaban J connectivity index is 1.11. The number of nitrogens with zero attached hydrogens (tertiary/aromatic N) is 1. The number of amides is 3. The lowest BCUT2D eigenvalue weighted by molar-refractivity contribution is -0.131. The highest BCUT2D eigenvalue weighted by molar-refractivity contribution is 9.10. The number of para-hydroxylation sites is 2. The minimum absolute atomic E-state index is 0.00597. The van der Waals surface area contributed by atoms with E-state index in [2.05, 4.69) is 42.2 Å². The van der Waals surface area contributed by atoms with Crippen LogP contribution in [0.1, 0.15) is 81.6 Å². The summed E-state index contributed by atoms with van der Waals surface area (Å²) in [6, 6.07) is 23.4. The zero-order valence-corrected chi connectivity index (χ0v) is 34.7. The van der Waals surface area contributed by atoms with Crippen molar-refractivity contribution in [1.82, 2.24) is 25.9 Å². The monoisotopic (exact) mass is 886 g/mol. The van der Waals surface area contributed by atoms with Gasteiger partial charge in [-0.3, -0.25) is 19.2 Å². The number of benzene rings is 4. The zero-order chi connectivity index (χ0) is 42.6. The molecule has 3 aliphatic rings. The first kappa shape index (κ1) is 39.5. The van der Waals surface area contributed by atoms with E-state index in [1.807, 2.05) is 74.5 Å². The molecule has 0 saturated heterocycles. The topological polar surface area (TPSA) is 203 Å². The van der Waals surface area contributed by atoms with Crippen LogP contribution in [-0.2, 0) is 32.8 Å². The van der Waals surface area contributed by atoms with E-state index in [0.717, 1.165) is 21.3 Å². The minimum atomic E-state index is -1.29. The number of Topliss-reactive ketones (excluding diaryl/α,β-unsaturated/α-hetero) is 1. The summed E-state index contributed by atoms with van der Waals surface area (Å²) in [5, 5.41) is 12.6. The molecule has 0 aliphatic carbocycles. The summed E-state index contributed by atoms with van der Waals surface area (Å²) >= 11 is 3.69. The number of ketones is 1. The Morgan fingerprint density at radius 1 is 0.984 bits per heavy atom. The van der Waals surface area contributed by atoms with Crippen molar-refractivity contribution in [3.05, 3.63) is 141 Å². The van der Waals surface area contributed by atoms with Crippen LogP contribution in [0.2, 0.25) is 0 Å². The molecule has 4 bridgehead atoms. The van der Waals surface area contributed by atoms with Crippen LogP contribution in [0, 0.1) is 5.92 Å². The van der Waals surface area contributed by atoms with Crippen LogP contribution in [0.3, 0.4) is 0 Å². The quantitative estimate of drug-likeness (QED) is 0.0595. The molecule has 1 spiro atoms. The van der Waals surface area contributed by atoms with E-state index in [1.54, 1.807) is 24.3 Å². The molecule has 6 aromatic rings. The van der Waals surface area contributed by atoms with E-state index in [1.165, 1.54) is 13.1 Å². The van der Waals surface area contributed by atoms with Gasteiger partial charge in [-0.15, -0.1) is 0 Å². The fourth-order valence-electron chi connectivity index (χ4n) is 8.34. The lowest BCUT2D eigenvalue weighted by atomic mass is 9.72. The Kier molecular flexibility index (Phi) is 10.1. The summed E-state index contributed by atoms with van der Waals surface area (Å²) in [6.45, 7) is 4.61. The third-order valence-corrected chi connectivity index (χ3v) is 11.8. The van der Waals surface area contributed by atoms with E-state index in [4.69, 9.17) is 23.6 Å². The van der Waals surface area contributed by atoms with Gasteiger partial charge < -0.3 is 44.9 Å². The summed E-state index contributed by atoms with van der Waals surface area (Å²) < 4.78 is 25.0. The van der Waals surface area contributed by atoms with Crippen molar-refractivity contribution < 1.29 is 42.6 Å². The number of hydrogen-bond donors (Lipinski definition) is 5. The lowest BCUT2D eigenvalue weighted by Gasteiger charge is -2.28. The number of halogens is 1. The Morgan fingerprint density at radius 3 is 2.57 bits per heavy atom. The van der Waals surface area contributed by atoms with Crippen LogP contribution in [0.25, 0.3) is 10.9 Å². The highest BCUT2D eigenvalue weighted by Gasteiger charge is 2.61. The number of aromatic nitrogens is 2. The van der Waals surface area contributed by atoms with Crippen LogP contribution in [0.15, 0.2) is 100 Å². The number of esters is 1. The number of anilines is 1. The van der Waals surface area contributed by atoms with Gasteiger partial charge in [0.15, 0.2) is 29.2 Å². The largest absolute Gasteiger partial charge is 0.469 e. The van der Waals surface area contributed by atoms with Crippen molar-refractivity contribution in [2.45, 2.75) is 57.5 Å². The number of nitrogens with one attached hydrogen (secondary N) is 5. The van der Waals surface area contributed by atoms with Crippen LogP contribution in [0.5, 0.6) is 11.5 Å². The molecule has 2 unspecified atom stereocenters. The molecule has 16 heteroatoms. The molecule has 0 fully saturated rings. The minimum Gasteiger partial charge on any atom is -0.469 e. The number of hydrogen-bond acceptors (Lipinski definition) is 11. The summed E-state index contributed by atoms with van der Waals surface area (Å²) in [5.41, 5.74) is 2.90. The summed E-state index contributed by atoms with van der Waals surface area (Å²) in [5.74, 6) is -1.52. The predicted octanol–water partition coefficient (Wildman–Crippen LogP) is 6.60. The van der Waals surface area contributed by atoms with E-state index in [-0.39, 0.29) is 47.6 Å². The first-order chi connectivity index (χ1) is 29.4. The van der Waals surface area contributed by atoms with Crippen LogP contribution in [-0.4, -0.2) is 58.4 Å². The first-order valence-electron chi connectivity index (χ1n) is 19.7. The van der Waals surface area contributed by atoms with Crippen molar-refractivity contribution in [2.24, 2.45) is 5.92 Å². The fraction of sp³-hybridized carbons (Fsp3) is 0.244. The highest BCUT2D eigenvalue weighted by Crippen LogP contribution is 2.59. The number of fused-ring (bicyclic) bond motifs is 5. The van der Waals surface area contributed by atoms with Gasteiger partial charge in [-0.05, 0) is 51.2 Å². The Hall–Kier alpha value is -6.94. The Labute approximate surface area is 357 Å². The second kappa shape index (κ2) is 15.6. The number of alkyl carbamates (subject to hydrolysis) is 1. The van der Waals surface area contributed by atoms with Crippen molar-refractivity contribution in [3.63, 3.8) is 0 Å². The molecule has 4 atom stereocenters. The van der Waals surface area contributed by atoms with Gasteiger partial charge >= 0.3 is 12.1 Å². The average molecular weight is 888 g/mol. The third-order valence-electron chi connectivity index (χ3n) is 11.2. The van der Waals surface area contributed by atoms with Gasteiger partial charge in [-0.25, -0.2) is 9.78 Å². The fourth-order valence-corrected chi connectivity index (χ4v) is 8.82. The molecule has 4 aromatic carbocycles. The van der Waals surface area contributed by atoms with Crippen LogP contribution >= 0.6 is 15.9 Å². The molecule has 5 heterocycles. The van der Waals surface area contributed by atoms with Gasteiger partial charge in [0.25, 0.3) is 5.91 Å². The maximum Gasteiger partial charge on any atom is 0.408 e. The van der Waals surface area contributed by atoms with Crippen molar-refractivity contribution in [1.29, 1.82) is 0 Å². The maximum absolute atomic E-state index is 14.6. The molecule has 9 rings (SSSR count). The molecule has 15 nitrogen and oxygen atoms in total. The second-order valence-corrected chi connectivity index (χ2v) is 16.3. The van der Waals surface area contributed by atoms with E-state index < -0.39 is 59.9 Å². The standard InChI is InChI=1S/C45H39BrN6O9/c1-22(2)35-42-51-38(41(56)48-20-32(54)27-19-47-36-26(27)11-7-14-34(36)59-23(3)53)39(61-42)45-28-12-8-13-30(46)37(28)52-43(45)60-33-16-15-25(17-29(33)45)18-31(40(55)50-35)49-44(57)58-21-24-9-5-4-6-10-24/h4-17,19,22,31,35,43,47,52H,18,20-21H2,1-3H3,(H,48,56)(H,49,57)(H,50,55)/t31-,35-,43?,45?/m0/s1. The molecule has 0 saturated carbocycles. The SMILES string of the molecule is CC(=O)Oc1cccc2c(C(=O)CNC(=O)c3nc4oc3C35c6cc(ccc6OC3Nc3c(Br)cccc35)C[C@H](NC(=O)OCc3ccccc3)C(=O)N[C@H]4C(C)C)c[nH]c12. The zero-order valence-electron chi connectivity index (χ0n) is 33.1. The molecule has 2 aromatic heterocycles. The van der Waals surface area contributed by atoms with Crippen molar-refractivity contribution in [2.75, 3.05) is 11.9 Å². The van der Waals surface area contributed by atoms with Crippen LogP contribution in [0.4, 0.5) is 10.5 Å². The Bertz CT molecular complexity index is 2770. The van der Waals surface area contributed by atoms with Gasteiger partial charge in [0.05, 0.1) is 17.7 Å². The van der Waals surface area contributed by atoms with E-state index in [0.29, 0.717) is 27.8 Å². The summed E-state index contributed by atoms with van der Waals surface area (Å²) in [4.78, 5) is 75.3. The molecule has 310 valence electrons. The predicted molar refractivity (Wildman–Crippen MR) is 224 cm³/mol. The average Bonchev–Trinajstić information content (AvgIpc) is 4.02. The maximum atomic E-state index is 14.6. The van der Waals surface area contributed by atoms with E-state index in [9.17, 15) is 24.0 Å². The van der Waals surface area contributed by atoms with Gasteiger partial charge in [-0.1, -0.05) is 80.6 Å². The third kappa shape index (κ3) is 6.95. The second-order valence-electron chi connectivity index (χ2n) is 15.4. The number of aromatic amines is 1. The number of oxazole rings is 1. The normalized spacial score (nSPS) is 19.6. The van der Waals surface area contributed by atoms with E-state index >= 15 is 0 Å². The Morgan fingerprint density at radius 2 is 1.79 bits per heavy atom. The summed E-state index contributed by atoms with van der Waals surface area (Å²) in [7, 11) is 0. The molecule has 61 heavy (non-hydrogen) atoms. The van der Waals surface area contributed by atoms with Crippen molar-refractivity contribution >= 4 is 62.2 Å². The molecular weight excluding hydrogens is 848 g/mol. The molecule has 3 amide bonds. The smallest absolute Gasteiger partial charge is 0.408 e.